The third-order valence-electron chi connectivity index (χ3n) is 5.04. The molecule has 2 atom stereocenters. The summed E-state index contributed by atoms with van der Waals surface area (Å²) in [6, 6.07) is 5.43. The zero-order valence-corrected chi connectivity index (χ0v) is 15.8. The van der Waals surface area contributed by atoms with E-state index in [1.165, 1.54) is 26.3 Å². The van der Waals surface area contributed by atoms with Crippen LogP contribution in [0, 0.1) is 11.8 Å². The number of aromatic nitrogens is 2. The predicted octanol–water partition coefficient (Wildman–Crippen LogP) is 3.84. The van der Waals surface area contributed by atoms with Crippen LogP contribution in [0.15, 0.2) is 24.4 Å². The largest absolute Gasteiger partial charge is 0.382 e. The molecule has 0 amide bonds. The molecule has 2 fully saturated rings. The van der Waals surface area contributed by atoms with Gasteiger partial charge in [0.2, 0.25) is 0 Å². The van der Waals surface area contributed by atoms with Gasteiger partial charge in [-0.3, -0.25) is 0 Å². The number of anilines is 2. The Bertz CT molecular complexity index is 740. The second-order valence-electron chi connectivity index (χ2n) is 6.42. The molecule has 0 spiro atoms. The number of hydrogen-bond acceptors (Lipinski definition) is 5. The van der Waals surface area contributed by atoms with Crippen molar-refractivity contribution >= 4 is 34.8 Å². The Morgan fingerprint density at radius 2 is 1.80 bits per heavy atom. The summed E-state index contributed by atoms with van der Waals surface area (Å²) in [7, 11) is 1.50. The molecule has 5 nitrogen and oxygen atoms in total. The van der Waals surface area contributed by atoms with Crippen molar-refractivity contribution in [3.05, 3.63) is 34.4 Å². The number of fused-ring (bicyclic) bond motifs is 1. The lowest BCUT2D eigenvalue weighted by atomic mass is 10.0. The molecule has 1 aliphatic heterocycles. The van der Waals surface area contributed by atoms with Gasteiger partial charge in [0.1, 0.15) is 11.5 Å². The lowest BCUT2D eigenvalue weighted by molar-refractivity contribution is 0.494. The van der Waals surface area contributed by atoms with Crippen molar-refractivity contribution in [3.8, 4) is 11.3 Å². The SMILES string of the molecule is CN.Nc1nc(N2CC3CCCC3C2)cnc1-c1cccc(Cl)c1Cl. The van der Waals surface area contributed by atoms with E-state index >= 15 is 0 Å². The summed E-state index contributed by atoms with van der Waals surface area (Å²) in [5, 5.41) is 0.945. The molecule has 1 aromatic heterocycles. The van der Waals surface area contributed by atoms with Crippen LogP contribution in [-0.4, -0.2) is 30.1 Å². The van der Waals surface area contributed by atoms with Crippen LogP contribution in [0.1, 0.15) is 19.3 Å². The van der Waals surface area contributed by atoms with Gasteiger partial charge in [-0.05, 0) is 37.8 Å². The Kier molecular flexibility index (Phi) is 5.67. The van der Waals surface area contributed by atoms with E-state index in [0.717, 1.165) is 30.7 Å². The van der Waals surface area contributed by atoms with Crippen molar-refractivity contribution in [1.29, 1.82) is 0 Å². The highest BCUT2D eigenvalue weighted by molar-refractivity contribution is 6.43. The zero-order chi connectivity index (χ0) is 18.0. The number of nitrogens with two attached hydrogens (primary N) is 2. The van der Waals surface area contributed by atoms with Crippen LogP contribution in [0.2, 0.25) is 10.0 Å². The van der Waals surface area contributed by atoms with Gasteiger partial charge in [0.25, 0.3) is 0 Å². The summed E-state index contributed by atoms with van der Waals surface area (Å²) in [5.41, 5.74) is 12.0. The van der Waals surface area contributed by atoms with Crippen molar-refractivity contribution in [3.63, 3.8) is 0 Å². The topological polar surface area (TPSA) is 81.1 Å². The van der Waals surface area contributed by atoms with Crippen LogP contribution >= 0.6 is 23.2 Å². The van der Waals surface area contributed by atoms with Crippen LogP contribution in [0.25, 0.3) is 11.3 Å². The molecule has 0 bridgehead atoms. The van der Waals surface area contributed by atoms with Crippen LogP contribution in [-0.2, 0) is 0 Å². The average Bonchev–Trinajstić information content (AvgIpc) is 3.21. The van der Waals surface area contributed by atoms with Crippen molar-refractivity contribution in [2.75, 3.05) is 30.8 Å². The number of rotatable bonds is 2. The number of halogens is 2. The molecular formula is C18H23Cl2N5. The first kappa shape index (κ1) is 18.2. The molecule has 1 saturated carbocycles. The lowest BCUT2D eigenvalue weighted by Gasteiger charge is -2.19. The maximum Gasteiger partial charge on any atom is 0.152 e. The molecule has 2 heterocycles. The molecule has 1 saturated heterocycles. The van der Waals surface area contributed by atoms with Gasteiger partial charge in [0, 0.05) is 18.7 Å². The van der Waals surface area contributed by atoms with E-state index in [1.54, 1.807) is 12.3 Å². The first-order valence-corrected chi connectivity index (χ1v) is 9.28. The van der Waals surface area contributed by atoms with Crippen molar-refractivity contribution in [2.24, 2.45) is 17.6 Å². The highest BCUT2D eigenvalue weighted by Crippen LogP contribution is 2.40. The van der Waals surface area contributed by atoms with Crippen molar-refractivity contribution < 1.29 is 0 Å². The highest BCUT2D eigenvalue weighted by Gasteiger charge is 2.36. The van der Waals surface area contributed by atoms with Crippen LogP contribution in [0.4, 0.5) is 11.6 Å². The highest BCUT2D eigenvalue weighted by atomic mass is 35.5. The fourth-order valence-corrected chi connectivity index (χ4v) is 4.25. The fraction of sp³-hybridized carbons (Fsp3) is 0.444. The number of hydrogen-bond donors (Lipinski definition) is 2. The van der Waals surface area contributed by atoms with Crippen molar-refractivity contribution in [1.82, 2.24) is 9.97 Å². The first-order valence-electron chi connectivity index (χ1n) is 8.53. The van der Waals surface area contributed by atoms with E-state index in [0.29, 0.717) is 27.1 Å². The van der Waals surface area contributed by atoms with Gasteiger partial charge in [0.15, 0.2) is 5.82 Å². The number of nitrogens with zero attached hydrogens (tertiary/aromatic N) is 3. The van der Waals surface area contributed by atoms with Gasteiger partial charge in [-0.2, -0.15) is 0 Å². The molecule has 2 unspecified atom stereocenters. The van der Waals surface area contributed by atoms with E-state index in [9.17, 15) is 0 Å². The van der Waals surface area contributed by atoms with Gasteiger partial charge < -0.3 is 16.4 Å². The second-order valence-corrected chi connectivity index (χ2v) is 7.20. The molecule has 1 aliphatic carbocycles. The summed E-state index contributed by atoms with van der Waals surface area (Å²) in [5.74, 6) is 2.86. The van der Waals surface area contributed by atoms with Gasteiger partial charge in [-0.1, -0.05) is 41.8 Å². The minimum absolute atomic E-state index is 0.392. The van der Waals surface area contributed by atoms with Gasteiger partial charge >= 0.3 is 0 Å². The number of benzene rings is 1. The summed E-state index contributed by atoms with van der Waals surface area (Å²) in [6.07, 6.45) is 5.83. The monoisotopic (exact) mass is 379 g/mol. The second kappa shape index (κ2) is 7.77. The maximum absolute atomic E-state index is 6.27. The van der Waals surface area contributed by atoms with E-state index < -0.39 is 0 Å². The maximum atomic E-state index is 6.27. The minimum atomic E-state index is 0.392. The van der Waals surface area contributed by atoms with Crippen molar-refractivity contribution in [2.45, 2.75) is 19.3 Å². The molecule has 0 radical (unpaired) electrons. The summed E-state index contributed by atoms with van der Waals surface area (Å²) in [4.78, 5) is 11.4. The Hall–Kier alpha value is -1.56. The third-order valence-corrected chi connectivity index (χ3v) is 5.86. The van der Waals surface area contributed by atoms with Gasteiger partial charge in [-0.25, -0.2) is 9.97 Å². The van der Waals surface area contributed by atoms with E-state index in [2.05, 4.69) is 20.6 Å². The molecule has 7 heteroatoms. The summed E-state index contributed by atoms with van der Waals surface area (Å²) in [6.45, 7) is 2.13. The van der Waals surface area contributed by atoms with E-state index in [-0.39, 0.29) is 0 Å². The molecule has 1 aromatic carbocycles. The quantitative estimate of drug-likeness (QED) is 0.827. The first-order chi connectivity index (χ1) is 12.1. The summed E-state index contributed by atoms with van der Waals surface area (Å²) < 4.78 is 0. The van der Waals surface area contributed by atoms with Gasteiger partial charge in [0.05, 0.1) is 16.2 Å². The Morgan fingerprint density at radius 1 is 1.12 bits per heavy atom. The van der Waals surface area contributed by atoms with Gasteiger partial charge in [-0.15, -0.1) is 0 Å². The Labute approximate surface area is 158 Å². The molecule has 25 heavy (non-hydrogen) atoms. The normalized spacial score (nSPS) is 21.7. The average molecular weight is 380 g/mol. The smallest absolute Gasteiger partial charge is 0.152 e. The molecule has 134 valence electrons. The zero-order valence-electron chi connectivity index (χ0n) is 14.3. The molecule has 2 aromatic rings. The van der Waals surface area contributed by atoms with Crippen LogP contribution in [0.3, 0.4) is 0 Å². The standard InChI is InChI=1S/C17H18Cl2N4.CH5N/c18-13-6-2-5-12(15(13)19)16-17(20)22-14(7-21-16)23-8-10-3-1-4-11(10)9-23;1-2/h2,5-7,10-11H,1,3-4,8-9H2,(H2,20,22);2H2,1H3. The Balaban J connectivity index is 0.000000880. The molecule has 2 aliphatic rings. The minimum Gasteiger partial charge on any atom is -0.382 e. The van der Waals surface area contributed by atoms with Crippen LogP contribution < -0.4 is 16.4 Å². The van der Waals surface area contributed by atoms with Crippen LogP contribution in [0.5, 0.6) is 0 Å². The Morgan fingerprint density at radius 3 is 2.44 bits per heavy atom. The molecule has 4 N–H and O–H groups in total. The third kappa shape index (κ3) is 3.54. The molecule has 4 rings (SSSR count). The predicted molar refractivity (Wildman–Crippen MR) is 105 cm³/mol. The molecular weight excluding hydrogens is 357 g/mol. The lowest BCUT2D eigenvalue weighted by Crippen LogP contribution is -2.22. The number of nitrogen functional groups attached to an aromatic ring is 1. The van der Waals surface area contributed by atoms with E-state index in [1.807, 2.05) is 12.1 Å². The fourth-order valence-electron chi connectivity index (χ4n) is 3.86. The van der Waals surface area contributed by atoms with E-state index in [4.69, 9.17) is 28.9 Å². The summed E-state index contributed by atoms with van der Waals surface area (Å²) >= 11 is 12.3.